The summed E-state index contributed by atoms with van der Waals surface area (Å²) in [5.74, 6) is 1.16. The normalized spacial score (nSPS) is 23.8. The lowest BCUT2D eigenvalue weighted by atomic mass is 9.71. The molecule has 0 bridgehead atoms. The van der Waals surface area contributed by atoms with E-state index in [1.165, 1.54) is 31.3 Å². The van der Waals surface area contributed by atoms with Crippen LogP contribution >= 0.6 is 0 Å². The van der Waals surface area contributed by atoms with Gasteiger partial charge in [0.05, 0.1) is 0 Å². The molecule has 0 spiro atoms. The highest BCUT2D eigenvalue weighted by Gasteiger charge is 2.42. The Hall–Kier alpha value is -0.590. The number of carbonyl (C=O) groups is 1. The maximum absolute atomic E-state index is 12.8. The molecule has 0 heterocycles. The zero-order valence-corrected chi connectivity index (χ0v) is 11.4. The van der Waals surface area contributed by atoms with E-state index in [0.29, 0.717) is 11.7 Å². The van der Waals surface area contributed by atoms with Gasteiger partial charge in [-0.2, -0.15) is 0 Å². The topological polar surface area (TPSA) is 17.1 Å². The Morgan fingerprint density at radius 1 is 1.24 bits per heavy atom. The number of allylic oxidation sites excluding steroid dienone is 2. The van der Waals surface area contributed by atoms with Gasteiger partial charge >= 0.3 is 0 Å². The molecule has 1 saturated carbocycles. The number of carbonyl (C=O) groups excluding carboxylic acids is 1. The third-order valence-electron chi connectivity index (χ3n) is 4.42. The summed E-state index contributed by atoms with van der Waals surface area (Å²) in [4.78, 5) is 12.8. The maximum atomic E-state index is 12.8. The van der Waals surface area contributed by atoms with Crippen molar-refractivity contribution >= 4 is 5.78 Å². The second-order valence-corrected chi connectivity index (χ2v) is 6.39. The molecule has 17 heavy (non-hydrogen) atoms. The van der Waals surface area contributed by atoms with Gasteiger partial charge in [-0.1, -0.05) is 32.8 Å². The van der Waals surface area contributed by atoms with Gasteiger partial charge in [0.2, 0.25) is 0 Å². The molecule has 96 valence electrons. The van der Waals surface area contributed by atoms with Crippen molar-refractivity contribution in [3.8, 4) is 0 Å². The monoisotopic (exact) mass is 234 g/mol. The minimum Gasteiger partial charge on any atom is -0.294 e. The van der Waals surface area contributed by atoms with Crippen molar-refractivity contribution in [2.45, 2.75) is 71.6 Å². The van der Waals surface area contributed by atoms with E-state index in [4.69, 9.17) is 0 Å². The molecule has 2 aliphatic carbocycles. The first-order chi connectivity index (χ1) is 8.14. The van der Waals surface area contributed by atoms with Crippen LogP contribution in [0.5, 0.6) is 0 Å². The van der Waals surface area contributed by atoms with E-state index in [2.05, 4.69) is 19.9 Å². The Kier molecular flexibility index (Phi) is 4.06. The van der Waals surface area contributed by atoms with Crippen molar-refractivity contribution in [2.24, 2.45) is 11.3 Å². The van der Waals surface area contributed by atoms with Crippen LogP contribution in [0.4, 0.5) is 0 Å². The summed E-state index contributed by atoms with van der Waals surface area (Å²) in [6.07, 6.45) is 12.8. The van der Waals surface area contributed by atoms with Gasteiger partial charge in [0, 0.05) is 5.41 Å². The van der Waals surface area contributed by atoms with Crippen molar-refractivity contribution < 1.29 is 4.79 Å². The molecule has 0 aliphatic heterocycles. The van der Waals surface area contributed by atoms with Gasteiger partial charge in [-0.25, -0.2) is 0 Å². The minimum absolute atomic E-state index is 0.0251. The molecule has 1 fully saturated rings. The predicted molar refractivity (Wildman–Crippen MR) is 71.9 cm³/mol. The van der Waals surface area contributed by atoms with Gasteiger partial charge in [-0.3, -0.25) is 4.79 Å². The van der Waals surface area contributed by atoms with E-state index in [9.17, 15) is 4.79 Å². The van der Waals surface area contributed by atoms with Crippen LogP contribution in [0.3, 0.4) is 0 Å². The van der Waals surface area contributed by atoms with E-state index < -0.39 is 0 Å². The molecular weight excluding hydrogens is 208 g/mol. The van der Waals surface area contributed by atoms with Crippen LogP contribution in [0.1, 0.15) is 71.6 Å². The molecule has 0 saturated heterocycles. The highest BCUT2D eigenvalue weighted by atomic mass is 16.1. The Bertz CT molecular complexity index is 305. The number of hydrogen-bond acceptors (Lipinski definition) is 1. The quantitative estimate of drug-likeness (QED) is 0.691. The van der Waals surface area contributed by atoms with Crippen molar-refractivity contribution in [1.29, 1.82) is 0 Å². The van der Waals surface area contributed by atoms with Crippen LogP contribution in [0.25, 0.3) is 0 Å². The zero-order valence-electron chi connectivity index (χ0n) is 11.4. The summed E-state index contributed by atoms with van der Waals surface area (Å²) in [6.45, 7) is 4.51. The molecule has 2 aliphatic rings. The average molecular weight is 234 g/mol. The van der Waals surface area contributed by atoms with Gasteiger partial charge in [-0.15, -0.1) is 0 Å². The second kappa shape index (κ2) is 5.37. The fourth-order valence-electron chi connectivity index (χ4n) is 3.74. The molecule has 1 nitrogen and oxygen atoms in total. The summed E-state index contributed by atoms with van der Waals surface area (Å²) in [6, 6.07) is 0. The van der Waals surface area contributed by atoms with Crippen LogP contribution in [0.15, 0.2) is 11.6 Å². The third-order valence-corrected chi connectivity index (χ3v) is 4.42. The Morgan fingerprint density at radius 3 is 2.47 bits per heavy atom. The molecule has 0 radical (unpaired) electrons. The zero-order chi connectivity index (χ0) is 12.3. The number of rotatable bonds is 4. The molecule has 2 rings (SSSR count). The largest absolute Gasteiger partial charge is 0.294 e. The fraction of sp³-hybridized carbons (Fsp3) is 0.812. The molecule has 0 amide bonds. The van der Waals surface area contributed by atoms with E-state index >= 15 is 0 Å². The van der Waals surface area contributed by atoms with Crippen molar-refractivity contribution in [2.75, 3.05) is 0 Å². The van der Waals surface area contributed by atoms with Crippen molar-refractivity contribution in [1.82, 2.24) is 0 Å². The summed E-state index contributed by atoms with van der Waals surface area (Å²) in [5, 5.41) is 0. The van der Waals surface area contributed by atoms with Crippen LogP contribution in [0.2, 0.25) is 0 Å². The van der Waals surface area contributed by atoms with Gasteiger partial charge in [0.1, 0.15) is 0 Å². The summed E-state index contributed by atoms with van der Waals surface area (Å²) >= 11 is 0. The molecule has 0 aromatic rings. The Morgan fingerprint density at radius 2 is 1.94 bits per heavy atom. The minimum atomic E-state index is 0.0251. The standard InChI is InChI=1S/C16H26O/c1-13(2)12-16(10-6-7-11-16)15(17)14-8-4-3-5-9-14/h8,13H,3-7,9-12H2,1-2H3. The van der Waals surface area contributed by atoms with Crippen molar-refractivity contribution in [3.05, 3.63) is 11.6 Å². The highest BCUT2D eigenvalue weighted by Crippen LogP contribution is 2.46. The number of Topliss-reactive ketones (excluding diaryl/α,β-unsaturated/α-hetero) is 1. The Balaban J connectivity index is 2.15. The number of ketones is 1. The van der Waals surface area contributed by atoms with E-state index in [1.54, 1.807) is 0 Å². The third kappa shape index (κ3) is 2.81. The van der Waals surface area contributed by atoms with E-state index in [1.807, 2.05) is 0 Å². The van der Waals surface area contributed by atoms with Gasteiger partial charge in [-0.05, 0) is 56.4 Å². The van der Waals surface area contributed by atoms with E-state index in [-0.39, 0.29) is 5.41 Å². The van der Waals surface area contributed by atoms with Gasteiger partial charge < -0.3 is 0 Å². The lowest BCUT2D eigenvalue weighted by Gasteiger charge is -2.31. The first kappa shape index (κ1) is 12.9. The predicted octanol–water partition coefficient (Wildman–Crippen LogP) is 4.66. The van der Waals surface area contributed by atoms with E-state index in [0.717, 1.165) is 32.1 Å². The molecule has 0 atom stereocenters. The van der Waals surface area contributed by atoms with Crippen LogP contribution in [0, 0.1) is 11.3 Å². The lowest BCUT2D eigenvalue weighted by molar-refractivity contribution is -0.125. The highest BCUT2D eigenvalue weighted by molar-refractivity contribution is 6.00. The maximum Gasteiger partial charge on any atom is 0.164 e. The molecule has 0 N–H and O–H groups in total. The number of hydrogen-bond donors (Lipinski definition) is 0. The van der Waals surface area contributed by atoms with Gasteiger partial charge in [0.15, 0.2) is 5.78 Å². The van der Waals surface area contributed by atoms with Crippen molar-refractivity contribution in [3.63, 3.8) is 0 Å². The second-order valence-electron chi connectivity index (χ2n) is 6.39. The van der Waals surface area contributed by atoms with Gasteiger partial charge in [0.25, 0.3) is 0 Å². The van der Waals surface area contributed by atoms with Crippen LogP contribution < -0.4 is 0 Å². The molecule has 1 heteroatoms. The SMILES string of the molecule is CC(C)CC1(C(=O)C2=CCCCC2)CCCC1. The molecular formula is C16H26O. The average Bonchev–Trinajstić information content (AvgIpc) is 2.78. The molecule has 0 unspecified atom stereocenters. The smallest absolute Gasteiger partial charge is 0.164 e. The lowest BCUT2D eigenvalue weighted by Crippen LogP contribution is -2.31. The summed E-state index contributed by atoms with van der Waals surface area (Å²) < 4.78 is 0. The van der Waals surface area contributed by atoms with Crippen LogP contribution in [-0.2, 0) is 4.79 Å². The first-order valence-electron chi connectivity index (χ1n) is 7.38. The Labute approximate surface area is 106 Å². The summed E-state index contributed by atoms with van der Waals surface area (Å²) in [5.41, 5.74) is 1.19. The fourth-order valence-corrected chi connectivity index (χ4v) is 3.74. The summed E-state index contributed by atoms with van der Waals surface area (Å²) in [7, 11) is 0. The first-order valence-corrected chi connectivity index (χ1v) is 7.38. The molecule has 0 aromatic heterocycles. The van der Waals surface area contributed by atoms with Crippen LogP contribution in [-0.4, -0.2) is 5.78 Å². The molecule has 0 aromatic carbocycles.